The summed E-state index contributed by atoms with van der Waals surface area (Å²) in [6, 6.07) is 6.31. The summed E-state index contributed by atoms with van der Waals surface area (Å²) in [4.78, 5) is 10.7. The van der Waals surface area contributed by atoms with Crippen molar-refractivity contribution in [2.45, 2.75) is 24.4 Å². The molecule has 1 amide bonds. The molecule has 7 heteroatoms. The number of carbonyl (C=O) groups is 1. The first-order chi connectivity index (χ1) is 8.70. The Kier molecular flexibility index (Phi) is 5.04. The van der Waals surface area contributed by atoms with Crippen molar-refractivity contribution in [2.75, 3.05) is 6.26 Å². The van der Waals surface area contributed by atoms with E-state index >= 15 is 0 Å². The summed E-state index contributed by atoms with van der Waals surface area (Å²) in [5.41, 5.74) is 5.61. The van der Waals surface area contributed by atoms with Crippen LogP contribution in [-0.4, -0.2) is 36.9 Å². The van der Waals surface area contributed by atoms with Gasteiger partial charge >= 0.3 is 0 Å². The highest BCUT2D eigenvalue weighted by Crippen LogP contribution is 2.24. The number of rotatable bonds is 6. The van der Waals surface area contributed by atoms with E-state index in [1.807, 2.05) is 0 Å². The zero-order chi connectivity index (χ0) is 14.6. The molecule has 1 rings (SSSR count). The highest BCUT2D eigenvalue weighted by atomic mass is 32.2. The van der Waals surface area contributed by atoms with Gasteiger partial charge in [0.1, 0.15) is 6.10 Å². The molecule has 0 radical (unpaired) electrons. The number of aliphatic hydroxyl groups is 2. The number of hydrogen-bond acceptors (Lipinski definition) is 5. The minimum Gasteiger partial charge on any atom is -0.390 e. The Balaban J connectivity index is 3.02. The van der Waals surface area contributed by atoms with Crippen molar-refractivity contribution in [3.8, 4) is 0 Å². The van der Waals surface area contributed by atoms with Crippen LogP contribution in [0.5, 0.6) is 0 Å². The highest BCUT2D eigenvalue weighted by Gasteiger charge is 2.23. The lowest BCUT2D eigenvalue weighted by molar-refractivity contribution is -0.121. The van der Waals surface area contributed by atoms with Crippen molar-refractivity contribution in [1.29, 1.82) is 0 Å². The van der Waals surface area contributed by atoms with Crippen LogP contribution in [0.1, 0.15) is 23.7 Å². The predicted octanol–water partition coefficient (Wildman–Crippen LogP) is -0.499. The molecule has 4 N–H and O–H groups in total. The molecule has 0 spiro atoms. The first-order valence-corrected chi connectivity index (χ1v) is 7.66. The van der Waals surface area contributed by atoms with Crippen LogP contribution < -0.4 is 5.73 Å². The topological polar surface area (TPSA) is 118 Å². The summed E-state index contributed by atoms with van der Waals surface area (Å²) in [5.74, 6) is -0.990. The SMILES string of the molecule is CS(=O)(=O)Cc1ccccc1C(O)C(O)CC(N)=O. The molecule has 1 aromatic rings. The molecule has 0 bridgehead atoms. The lowest BCUT2D eigenvalue weighted by Gasteiger charge is -2.19. The van der Waals surface area contributed by atoms with Crippen molar-refractivity contribution >= 4 is 15.7 Å². The molecule has 1 aromatic carbocycles. The molecule has 0 saturated heterocycles. The fourth-order valence-corrected chi connectivity index (χ4v) is 2.59. The van der Waals surface area contributed by atoms with Gasteiger partial charge in [-0.3, -0.25) is 4.79 Å². The third kappa shape index (κ3) is 4.98. The molecule has 0 saturated carbocycles. The van der Waals surface area contributed by atoms with E-state index in [4.69, 9.17) is 5.73 Å². The fourth-order valence-electron chi connectivity index (χ4n) is 1.76. The van der Waals surface area contributed by atoms with Crippen molar-refractivity contribution in [2.24, 2.45) is 5.73 Å². The maximum absolute atomic E-state index is 11.3. The Morgan fingerprint density at radius 1 is 1.32 bits per heavy atom. The van der Waals surface area contributed by atoms with E-state index in [0.717, 1.165) is 6.26 Å². The number of carbonyl (C=O) groups excluding carboxylic acids is 1. The van der Waals surface area contributed by atoms with Crippen LogP contribution in [0.25, 0.3) is 0 Å². The molecule has 2 unspecified atom stereocenters. The molecule has 2 atom stereocenters. The lowest BCUT2D eigenvalue weighted by Crippen LogP contribution is -2.26. The van der Waals surface area contributed by atoms with Gasteiger partial charge in [0.15, 0.2) is 9.84 Å². The molecule has 19 heavy (non-hydrogen) atoms. The van der Waals surface area contributed by atoms with Crippen LogP contribution in [-0.2, 0) is 20.4 Å². The summed E-state index contributed by atoms with van der Waals surface area (Å²) >= 11 is 0. The number of amides is 1. The van der Waals surface area contributed by atoms with Crippen molar-refractivity contribution < 1.29 is 23.4 Å². The average molecular weight is 287 g/mol. The average Bonchev–Trinajstić information content (AvgIpc) is 2.25. The number of aliphatic hydroxyl groups excluding tert-OH is 2. The molecule has 0 aromatic heterocycles. The Morgan fingerprint density at radius 3 is 2.42 bits per heavy atom. The van der Waals surface area contributed by atoms with E-state index in [-0.39, 0.29) is 11.3 Å². The normalized spacial score (nSPS) is 14.9. The second kappa shape index (κ2) is 6.14. The van der Waals surface area contributed by atoms with Gasteiger partial charge in [-0.25, -0.2) is 8.42 Å². The maximum Gasteiger partial charge on any atom is 0.220 e. The van der Waals surface area contributed by atoms with Crippen LogP contribution in [0.2, 0.25) is 0 Å². The van der Waals surface area contributed by atoms with E-state index in [0.29, 0.717) is 5.56 Å². The number of nitrogens with two attached hydrogens (primary N) is 1. The van der Waals surface area contributed by atoms with E-state index < -0.39 is 34.4 Å². The lowest BCUT2D eigenvalue weighted by atomic mass is 9.98. The third-order valence-corrected chi connectivity index (χ3v) is 3.40. The Labute approximate surface area is 111 Å². The zero-order valence-corrected chi connectivity index (χ0v) is 11.3. The second-order valence-corrected chi connectivity index (χ2v) is 6.59. The molecule has 0 aliphatic carbocycles. The van der Waals surface area contributed by atoms with Gasteiger partial charge in [0.05, 0.1) is 18.3 Å². The zero-order valence-electron chi connectivity index (χ0n) is 10.5. The number of primary amides is 1. The number of sulfone groups is 1. The van der Waals surface area contributed by atoms with Gasteiger partial charge in [0.25, 0.3) is 0 Å². The first-order valence-electron chi connectivity index (χ1n) is 5.60. The van der Waals surface area contributed by atoms with Crippen LogP contribution in [0.4, 0.5) is 0 Å². The smallest absolute Gasteiger partial charge is 0.220 e. The van der Waals surface area contributed by atoms with Crippen molar-refractivity contribution in [1.82, 2.24) is 0 Å². The summed E-state index contributed by atoms with van der Waals surface area (Å²) in [6.07, 6.45) is -2.03. The summed E-state index contributed by atoms with van der Waals surface area (Å²) in [5, 5.41) is 19.6. The molecular formula is C12H17NO5S. The van der Waals surface area contributed by atoms with Crippen LogP contribution >= 0.6 is 0 Å². The predicted molar refractivity (Wildman–Crippen MR) is 69.8 cm³/mol. The van der Waals surface area contributed by atoms with Crippen LogP contribution in [0, 0.1) is 0 Å². The standard InChI is InChI=1S/C12H17NO5S/c1-19(17,18)7-8-4-2-3-5-9(8)12(16)10(14)6-11(13)15/h2-5,10,12,14,16H,6-7H2,1H3,(H2,13,15). The molecule has 6 nitrogen and oxygen atoms in total. The number of benzene rings is 1. The van der Waals surface area contributed by atoms with Gasteiger partial charge in [0, 0.05) is 6.26 Å². The fraction of sp³-hybridized carbons (Fsp3) is 0.417. The molecular weight excluding hydrogens is 270 g/mol. The van der Waals surface area contributed by atoms with E-state index in [9.17, 15) is 23.4 Å². The summed E-state index contributed by atoms with van der Waals surface area (Å²) in [7, 11) is -3.27. The quantitative estimate of drug-likeness (QED) is 0.652. The van der Waals surface area contributed by atoms with E-state index in [1.165, 1.54) is 6.07 Å². The van der Waals surface area contributed by atoms with Gasteiger partial charge in [-0.1, -0.05) is 24.3 Å². The van der Waals surface area contributed by atoms with Crippen molar-refractivity contribution in [3.63, 3.8) is 0 Å². The van der Waals surface area contributed by atoms with E-state index in [1.54, 1.807) is 18.2 Å². The van der Waals surface area contributed by atoms with Gasteiger partial charge < -0.3 is 15.9 Å². The van der Waals surface area contributed by atoms with E-state index in [2.05, 4.69) is 0 Å². The first kappa shape index (κ1) is 15.6. The number of hydrogen-bond donors (Lipinski definition) is 3. The van der Waals surface area contributed by atoms with Crippen LogP contribution in [0.3, 0.4) is 0 Å². The summed E-state index contributed by atoms with van der Waals surface area (Å²) < 4.78 is 22.6. The molecule has 0 aliphatic rings. The monoisotopic (exact) mass is 287 g/mol. The van der Waals surface area contributed by atoms with Crippen molar-refractivity contribution in [3.05, 3.63) is 35.4 Å². The molecule has 0 fully saturated rings. The molecule has 0 aliphatic heterocycles. The largest absolute Gasteiger partial charge is 0.390 e. The van der Waals surface area contributed by atoms with Gasteiger partial charge in [-0.05, 0) is 11.1 Å². The Bertz CT molecular complexity index is 555. The Morgan fingerprint density at radius 2 is 1.89 bits per heavy atom. The third-order valence-electron chi connectivity index (χ3n) is 2.57. The second-order valence-electron chi connectivity index (χ2n) is 4.45. The molecule has 0 heterocycles. The maximum atomic E-state index is 11.3. The molecule has 106 valence electrons. The van der Waals surface area contributed by atoms with Gasteiger partial charge in [-0.2, -0.15) is 0 Å². The summed E-state index contributed by atoms with van der Waals surface area (Å²) in [6.45, 7) is 0. The Hall–Kier alpha value is -1.44. The van der Waals surface area contributed by atoms with Gasteiger partial charge in [-0.15, -0.1) is 0 Å². The van der Waals surface area contributed by atoms with Gasteiger partial charge in [0.2, 0.25) is 5.91 Å². The minimum atomic E-state index is -3.27. The minimum absolute atomic E-state index is 0.247. The van der Waals surface area contributed by atoms with Crippen LogP contribution in [0.15, 0.2) is 24.3 Å². The highest BCUT2D eigenvalue weighted by molar-refractivity contribution is 7.89.